The van der Waals surface area contributed by atoms with Crippen LogP contribution in [0, 0.1) is 0 Å². The number of phenolic OH excluding ortho intramolecular Hbond substituents is 1. The Morgan fingerprint density at radius 1 is 1.00 bits per heavy atom. The normalized spacial score (nSPS) is 11.7. The van der Waals surface area contributed by atoms with Crippen molar-refractivity contribution >= 4 is 11.9 Å². The Balaban J connectivity index is 1.79. The Hall–Kier alpha value is -3.43. The molecule has 2 aromatic rings. The van der Waals surface area contributed by atoms with E-state index in [2.05, 4.69) is 25.7 Å². The van der Waals surface area contributed by atoms with E-state index in [-0.39, 0.29) is 17.4 Å². The molecule has 7 nitrogen and oxygen atoms in total. The van der Waals surface area contributed by atoms with Gasteiger partial charge >= 0.3 is 6.18 Å². The number of hydrogen-bond donors (Lipinski definition) is 4. The van der Waals surface area contributed by atoms with Gasteiger partial charge in [0.2, 0.25) is 0 Å². The lowest BCUT2D eigenvalue weighted by Crippen LogP contribution is -2.41. The van der Waals surface area contributed by atoms with Crippen LogP contribution in [0.2, 0.25) is 0 Å². The van der Waals surface area contributed by atoms with Gasteiger partial charge in [0.1, 0.15) is 11.5 Å². The number of guanidine groups is 1. The van der Waals surface area contributed by atoms with E-state index < -0.39 is 12.8 Å². The standard InChI is InChI=1S/C21H25F3N4O3/c1-2-25-20(27-12-11-26-19(30)16-5-7-17(29)8-6-16)28-13-15-3-9-18(10-4-15)31-14-21(22,23)24/h3-10,29H,2,11-14H2,1H3,(H,26,30)(H2,25,27,28). The summed E-state index contributed by atoms with van der Waals surface area (Å²) in [6, 6.07) is 12.2. The monoisotopic (exact) mass is 438 g/mol. The van der Waals surface area contributed by atoms with E-state index in [1.54, 1.807) is 12.1 Å². The van der Waals surface area contributed by atoms with Gasteiger partial charge in [-0.1, -0.05) is 12.1 Å². The number of amides is 1. The minimum absolute atomic E-state index is 0.0909. The SMILES string of the molecule is CCNC(=NCc1ccc(OCC(F)(F)F)cc1)NCCNC(=O)c1ccc(O)cc1. The Kier molecular flexibility index (Phi) is 8.98. The van der Waals surface area contributed by atoms with E-state index in [4.69, 9.17) is 0 Å². The topological polar surface area (TPSA) is 95.0 Å². The van der Waals surface area contributed by atoms with Crippen LogP contribution in [-0.2, 0) is 6.54 Å². The molecule has 0 aliphatic rings. The number of nitrogens with zero attached hydrogens (tertiary/aromatic N) is 1. The highest BCUT2D eigenvalue weighted by molar-refractivity contribution is 5.94. The van der Waals surface area contributed by atoms with Gasteiger partial charge in [-0.15, -0.1) is 0 Å². The van der Waals surface area contributed by atoms with Crippen LogP contribution in [0.1, 0.15) is 22.8 Å². The van der Waals surface area contributed by atoms with Gasteiger partial charge in [0.25, 0.3) is 5.91 Å². The molecule has 0 saturated heterocycles. The fraction of sp³-hybridized carbons (Fsp3) is 0.333. The molecule has 1 amide bonds. The number of ether oxygens (including phenoxy) is 1. The number of hydrogen-bond acceptors (Lipinski definition) is 4. The molecule has 4 N–H and O–H groups in total. The van der Waals surface area contributed by atoms with Crippen molar-refractivity contribution < 1.29 is 27.8 Å². The lowest BCUT2D eigenvalue weighted by Gasteiger charge is -2.12. The van der Waals surface area contributed by atoms with Gasteiger partial charge < -0.3 is 25.8 Å². The maximum atomic E-state index is 12.2. The highest BCUT2D eigenvalue weighted by atomic mass is 19.4. The summed E-state index contributed by atoms with van der Waals surface area (Å²) in [6.07, 6.45) is -4.38. The second-order valence-electron chi connectivity index (χ2n) is 6.47. The van der Waals surface area contributed by atoms with Crippen molar-refractivity contribution in [1.29, 1.82) is 0 Å². The molecule has 0 unspecified atom stereocenters. The molecule has 0 spiro atoms. The maximum absolute atomic E-state index is 12.2. The number of phenols is 1. The Morgan fingerprint density at radius 2 is 1.65 bits per heavy atom. The molecule has 0 aliphatic heterocycles. The highest BCUT2D eigenvalue weighted by Gasteiger charge is 2.28. The summed E-state index contributed by atoms with van der Waals surface area (Å²) in [4.78, 5) is 16.4. The first-order valence-corrected chi connectivity index (χ1v) is 9.64. The van der Waals surface area contributed by atoms with Gasteiger partial charge in [-0.05, 0) is 48.9 Å². The number of halogens is 3. The number of alkyl halides is 3. The minimum Gasteiger partial charge on any atom is -0.508 e. The van der Waals surface area contributed by atoms with Crippen molar-refractivity contribution in [2.75, 3.05) is 26.2 Å². The lowest BCUT2D eigenvalue weighted by atomic mass is 10.2. The fourth-order valence-corrected chi connectivity index (χ4v) is 2.44. The molecule has 0 heterocycles. The average molecular weight is 438 g/mol. The number of nitrogens with one attached hydrogen (secondary N) is 3. The molecule has 10 heteroatoms. The quantitative estimate of drug-likeness (QED) is 0.274. The van der Waals surface area contributed by atoms with E-state index in [0.717, 1.165) is 5.56 Å². The third-order valence-electron chi connectivity index (χ3n) is 3.92. The molecule has 168 valence electrons. The second-order valence-corrected chi connectivity index (χ2v) is 6.47. The summed E-state index contributed by atoms with van der Waals surface area (Å²) in [6.45, 7) is 2.32. The van der Waals surface area contributed by atoms with Gasteiger partial charge in [-0.25, -0.2) is 4.99 Å². The molecule has 0 radical (unpaired) electrons. The summed E-state index contributed by atoms with van der Waals surface area (Å²) >= 11 is 0. The Morgan fingerprint density at radius 3 is 2.26 bits per heavy atom. The van der Waals surface area contributed by atoms with Gasteiger partial charge in [0.05, 0.1) is 6.54 Å². The molecule has 0 atom stereocenters. The molecule has 31 heavy (non-hydrogen) atoms. The van der Waals surface area contributed by atoms with Crippen LogP contribution < -0.4 is 20.7 Å². The Labute approximate surface area is 178 Å². The van der Waals surface area contributed by atoms with Gasteiger partial charge in [0.15, 0.2) is 12.6 Å². The third-order valence-corrected chi connectivity index (χ3v) is 3.92. The van der Waals surface area contributed by atoms with Crippen LogP contribution in [0.5, 0.6) is 11.5 Å². The van der Waals surface area contributed by atoms with Crippen LogP contribution in [0.15, 0.2) is 53.5 Å². The average Bonchev–Trinajstić information content (AvgIpc) is 2.74. The molecule has 2 aromatic carbocycles. The molecule has 2 rings (SSSR count). The first-order valence-electron chi connectivity index (χ1n) is 9.64. The zero-order valence-corrected chi connectivity index (χ0v) is 17.0. The molecule has 0 fully saturated rings. The van der Waals surface area contributed by atoms with Gasteiger partial charge in [-0.3, -0.25) is 4.79 Å². The van der Waals surface area contributed by atoms with E-state index in [1.807, 2.05) is 6.92 Å². The van der Waals surface area contributed by atoms with Crippen molar-refractivity contribution in [3.63, 3.8) is 0 Å². The zero-order valence-electron chi connectivity index (χ0n) is 17.0. The summed E-state index contributed by atoms with van der Waals surface area (Å²) in [5, 5.41) is 18.2. The van der Waals surface area contributed by atoms with Crippen molar-refractivity contribution in [3.05, 3.63) is 59.7 Å². The molecule has 0 aliphatic carbocycles. The van der Waals surface area contributed by atoms with Crippen molar-refractivity contribution in [3.8, 4) is 11.5 Å². The molecule has 0 saturated carbocycles. The number of benzene rings is 2. The van der Waals surface area contributed by atoms with Crippen molar-refractivity contribution in [1.82, 2.24) is 16.0 Å². The minimum atomic E-state index is -4.38. The molecule has 0 aromatic heterocycles. The molecular formula is C21H25F3N4O3. The van der Waals surface area contributed by atoms with Crippen LogP contribution in [-0.4, -0.2) is 49.4 Å². The van der Waals surface area contributed by atoms with E-state index in [9.17, 15) is 23.1 Å². The third kappa shape index (κ3) is 9.28. The summed E-state index contributed by atoms with van der Waals surface area (Å²) in [7, 11) is 0. The van der Waals surface area contributed by atoms with Crippen LogP contribution in [0.3, 0.4) is 0 Å². The van der Waals surface area contributed by atoms with Crippen LogP contribution in [0.4, 0.5) is 13.2 Å². The van der Waals surface area contributed by atoms with E-state index >= 15 is 0 Å². The second kappa shape index (κ2) is 11.7. The Bertz CT molecular complexity index is 854. The predicted octanol–water partition coefficient (Wildman–Crippen LogP) is 2.82. The zero-order chi connectivity index (χ0) is 22.7. The summed E-state index contributed by atoms with van der Waals surface area (Å²) < 4.78 is 41.2. The number of carbonyl (C=O) groups excluding carboxylic acids is 1. The molecular weight excluding hydrogens is 413 g/mol. The van der Waals surface area contributed by atoms with E-state index in [0.29, 0.717) is 37.7 Å². The summed E-state index contributed by atoms with van der Waals surface area (Å²) in [5.41, 5.74) is 1.25. The maximum Gasteiger partial charge on any atom is 0.422 e. The first kappa shape index (κ1) is 23.8. The molecule has 0 bridgehead atoms. The number of aliphatic imine (C=N–C) groups is 1. The lowest BCUT2D eigenvalue weighted by molar-refractivity contribution is -0.153. The first-order chi connectivity index (χ1) is 14.8. The van der Waals surface area contributed by atoms with Crippen LogP contribution in [0.25, 0.3) is 0 Å². The highest BCUT2D eigenvalue weighted by Crippen LogP contribution is 2.19. The number of rotatable bonds is 9. The smallest absolute Gasteiger partial charge is 0.422 e. The number of aromatic hydroxyl groups is 1. The number of carbonyl (C=O) groups is 1. The van der Waals surface area contributed by atoms with Gasteiger partial charge in [0, 0.05) is 25.2 Å². The largest absolute Gasteiger partial charge is 0.508 e. The van der Waals surface area contributed by atoms with Gasteiger partial charge in [-0.2, -0.15) is 13.2 Å². The fourth-order valence-electron chi connectivity index (χ4n) is 2.44. The van der Waals surface area contributed by atoms with Crippen LogP contribution >= 0.6 is 0 Å². The summed E-state index contributed by atoms with van der Waals surface area (Å²) in [5.74, 6) is 0.517. The van der Waals surface area contributed by atoms with Crippen molar-refractivity contribution in [2.45, 2.75) is 19.6 Å². The predicted molar refractivity (Wildman–Crippen MR) is 111 cm³/mol. The van der Waals surface area contributed by atoms with Crippen molar-refractivity contribution in [2.24, 2.45) is 4.99 Å². The van der Waals surface area contributed by atoms with E-state index in [1.165, 1.54) is 36.4 Å².